The molecule has 0 bridgehead atoms. The lowest BCUT2D eigenvalue weighted by Crippen LogP contribution is -2.35. The number of nitrogens with two attached hydrogens (primary N) is 1. The van der Waals surface area contributed by atoms with Crippen molar-refractivity contribution in [1.29, 1.82) is 0 Å². The highest BCUT2D eigenvalue weighted by molar-refractivity contribution is 6.31. The second kappa shape index (κ2) is 6.71. The third-order valence-corrected chi connectivity index (χ3v) is 4.86. The molecule has 1 fully saturated rings. The molecule has 0 spiro atoms. The maximum absolute atomic E-state index is 13.8. The van der Waals surface area contributed by atoms with Crippen LogP contribution in [0.15, 0.2) is 18.2 Å². The van der Waals surface area contributed by atoms with E-state index in [2.05, 4.69) is 6.92 Å². The predicted molar refractivity (Wildman–Crippen MR) is 78.8 cm³/mol. The van der Waals surface area contributed by atoms with Crippen molar-refractivity contribution in [3.63, 3.8) is 0 Å². The monoisotopic (exact) mass is 283 g/mol. The summed E-state index contributed by atoms with van der Waals surface area (Å²) < 4.78 is 13.8. The van der Waals surface area contributed by atoms with Crippen LogP contribution < -0.4 is 5.73 Å². The van der Waals surface area contributed by atoms with Crippen LogP contribution in [0, 0.1) is 17.7 Å². The fraction of sp³-hybridized carbons (Fsp3) is 0.625. The van der Waals surface area contributed by atoms with Crippen molar-refractivity contribution in [3.8, 4) is 0 Å². The van der Waals surface area contributed by atoms with Gasteiger partial charge >= 0.3 is 0 Å². The summed E-state index contributed by atoms with van der Waals surface area (Å²) in [5, 5.41) is 0.498. The Morgan fingerprint density at radius 1 is 1.42 bits per heavy atom. The molecule has 106 valence electrons. The smallest absolute Gasteiger partial charge is 0.127 e. The normalized spacial score (nSPS) is 25.3. The summed E-state index contributed by atoms with van der Waals surface area (Å²) in [5.41, 5.74) is 6.89. The minimum atomic E-state index is -0.231. The molecular formula is C16H23ClFN. The van der Waals surface area contributed by atoms with Gasteiger partial charge in [0, 0.05) is 16.6 Å². The molecule has 1 aromatic carbocycles. The van der Waals surface area contributed by atoms with Crippen LogP contribution in [0.3, 0.4) is 0 Å². The first-order valence-electron chi connectivity index (χ1n) is 7.30. The van der Waals surface area contributed by atoms with Crippen molar-refractivity contribution in [3.05, 3.63) is 34.6 Å². The van der Waals surface area contributed by atoms with Crippen LogP contribution in [0.5, 0.6) is 0 Å². The summed E-state index contributed by atoms with van der Waals surface area (Å²) >= 11 is 6.07. The molecule has 0 saturated heterocycles. The lowest BCUT2D eigenvalue weighted by Gasteiger charge is -2.32. The van der Waals surface area contributed by atoms with E-state index in [9.17, 15) is 4.39 Å². The van der Waals surface area contributed by atoms with Crippen molar-refractivity contribution >= 4 is 11.6 Å². The average molecular weight is 284 g/mol. The highest BCUT2D eigenvalue weighted by Gasteiger charge is 2.26. The molecule has 0 heterocycles. The molecule has 3 heteroatoms. The van der Waals surface area contributed by atoms with Gasteiger partial charge in [-0.2, -0.15) is 0 Å². The molecule has 1 aliphatic carbocycles. The van der Waals surface area contributed by atoms with Crippen molar-refractivity contribution < 1.29 is 4.39 Å². The molecule has 1 aliphatic rings. The van der Waals surface area contributed by atoms with Gasteiger partial charge < -0.3 is 5.73 Å². The fourth-order valence-corrected chi connectivity index (χ4v) is 3.46. The lowest BCUT2D eigenvalue weighted by atomic mass is 9.76. The average Bonchev–Trinajstić information content (AvgIpc) is 2.43. The van der Waals surface area contributed by atoms with Crippen LogP contribution in [0.4, 0.5) is 4.39 Å². The van der Waals surface area contributed by atoms with Gasteiger partial charge in [0.1, 0.15) is 5.82 Å². The van der Waals surface area contributed by atoms with Gasteiger partial charge in [-0.3, -0.25) is 0 Å². The molecule has 1 nitrogen and oxygen atoms in total. The zero-order chi connectivity index (χ0) is 13.8. The zero-order valence-electron chi connectivity index (χ0n) is 11.5. The maximum Gasteiger partial charge on any atom is 0.127 e. The van der Waals surface area contributed by atoms with Gasteiger partial charge in [0.2, 0.25) is 0 Å². The van der Waals surface area contributed by atoms with E-state index in [0.29, 0.717) is 22.9 Å². The van der Waals surface area contributed by atoms with Gasteiger partial charge in [-0.1, -0.05) is 43.9 Å². The van der Waals surface area contributed by atoms with Gasteiger partial charge in [0.15, 0.2) is 0 Å². The minimum absolute atomic E-state index is 0.0174. The predicted octanol–water partition coefficient (Wildman–Crippen LogP) is 4.57. The Morgan fingerprint density at radius 3 is 2.89 bits per heavy atom. The van der Waals surface area contributed by atoms with Gasteiger partial charge in [0.05, 0.1) is 0 Å². The molecule has 1 aromatic rings. The standard InChI is InChI=1S/C16H23ClFN/c1-2-11-5-3-6-12(9-11)16(19)10-13-14(17)7-4-8-15(13)18/h4,7-8,11-12,16H,2-3,5-6,9-10,19H2,1H3. The molecular weight excluding hydrogens is 261 g/mol. The van der Waals surface area contributed by atoms with E-state index in [4.69, 9.17) is 17.3 Å². The van der Waals surface area contributed by atoms with E-state index in [-0.39, 0.29) is 11.9 Å². The highest BCUT2D eigenvalue weighted by Crippen LogP contribution is 2.34. The Bertz CT molecular complexity index is 401. The third-order valence-electron chi connectivity index (χ3n) is 4.51. The molecule has 3 atom stereocenters. The van der Waals surface area contributed by atoms with Crippen LogP contribution in [0.25, 0.3) is 0 Å². The van der Waals surface area contributed by atoms with Crippen molar-refractivity contribution in [2.75, 3.05) is 0 Å². The molecule has 0 aliphatic heterocycles. The quantitative estimate of drug-likeness (QED) is 0.861. The van der Waals surface area contributed by atoms with Crippen LogP contribution in [0.1, 0.15) is 44.6 Å². The van der Waals surface area contributed by atoms with Crippen molar-refractivity contribution in [2.45, 2.75) is 51.5 Å². The molecule has 2 rings (SSSR count). The van der Waals surface area contributed by atoms with Gasteiger partial charge in [-0.15, -0.1) is 0 Å². The second-order valence-electron chi connectivity index (χ2n) is 5.77. The van der Waals surface area contributed by atoms with Crippen molar-refractivity contribution in [2.24, 2.45) is 17.6 Å². The van der Waals surface area contributed by atoms with Gasteiger partial charge in [-0.25, -0.2) is 4.39 Å². The Balaban J connectivity index is 2.02. The van der Waals surface area contributed by atoms with E-state index in [1.807, 2.05) is 0 Å². The highest BCUT2D eigenvalue weighted by atomic mass is 35.5. The van der Waals surface area contributed by atoms with Crippen LogP contribution in [-0.2, 0) is 6.42 Å². The third kappa shape index (κ3) is 3.70. The molecule has 0 aromatic heterocycles. The maximum atomic E-state index is 13.8. The molecule has 0 amide bonds. The summed E-state index contributed by atoms with van der Waals surface area (Å²) in [4.78, 5) is 0. The molecule has 1 saturated carbocycles. The first kappa shape index (κ1) is 14.8. The van der Waals surface area contributed by atoms with E-state index >= 15 is 0 Å². The number of benzene rings is 1. The molecule has 2 N–H and O–H groups in total. The van der Waals surface area contributed by atoms with E-state index in [0.717, 1.165) is 5.92 Å². The Kier molecular flexibility index (Phi) is 5.23. The fourth-order valence-electron chi connectivity index (χ4n) is 3.22. The van der Waals surface area contributed by atoms with E-state index in [1.165, 1.54) is 38.2 Å². The van der Waals surface area contributed by atoms with E-state index in [1.54, 1.807) is 12.1 Å². The minimum Gasteiger partial charge on any atom is -0.327 e. The summed E-state index contributed by atoms with van der Waals surface area (Å²) in [6.07, 6.45) is 6.70. The number of hydrogen-bond donors (Lipinski definition) is 1. The first-order valence-corrected chi connectivity index (χ1v) is 7.68. The summed E-state index contributed by atoms with van der Waals surface area (Å²) in [5.74, 6) is 1.07. The molecule has 19 heavy (non-hydrogen) atoms. The number of hydrogen-bond acceptors (Lipinski definition) is 1. The molecule has 0 radical (unpaired) electrons. The second-order valence-corrected chi connectivity index (χ2v) is 6.18. The van der Waals surface area contributed by atoms with Crippen LogP contribution >= 0.6 is 11.6 Å². The van der Waals surface area contributed by atoms with Crippen LogP contribution in [-0.4, -0.2) is 6.04 Å². The Labute approximate surface area is 120 Å². The largest absolute Gasteiger partial charge is 0.327 e. The lowest BCUT2D eigenvalue weighted by molar-refractivity contribution is 0.228. The molecule has 3 unspecified atom stereocenters. The van der Waals surface area contributed by atoms with Crippen molar-refractivity contribution in [1.82, 2.24) is 0 Å². The Hall–Kier alpha value is -0.600. The zero-order valence-corrected chi connectivity index (χ0v) is 12.3. The summed E-state index contributed by atoms with van der Waals surface area (Å²) in [6, 6.07) is 4.86. The summed E-state index contributed by atoms with van der Waals surface area (Å²) in [7, 11) is 0. The first-order chi connectivity index (χ1) is 9.11. The topological polar surface area (TPSA) is 26.0 Å². The number of rotatable bonds is 4. The van der Waals surface area contributed by atoms with Crippen LogP contribution in [0.2, 0.25) is 5.02 Å². The summed E-state index contributed by atoms with van der Waals surface area (Å²) in [6.45, 7) is 2.24. The number of halogens is 2. The Morgan fingerprint density at radius 2 is 2.21 bits per heavy atom. The van der Waals surface area contributed by atoms with Gasteiger partial charge in [-0.05, 0) is 43.2 Å². The van der Waals surface area contributed by atoms with E-state index < -0.39 is 0 Å². The SMILES string of the molecule is CCC1CCCC(C(N)Cc2c(F)cccc2Cl)C1. The van der Waals surface area contributed by atoms with Gasteiger partial charge in [0.25, 0.3) is 0 Å².